The zero-order valence-electron chi connectivity index (χ0n) is 10.2. The normalized spacial score (nSPS) is 12.4. The van der Waals surface area contributed by atoms with Crippen molar-refractivity contribution in [2.45, 2.75) is 19.5 Å². The highest BCUT2D eigenvalue weighted by atomic mass is 127. The molecule has 3 heteroatoms. The monoisotopic (exact) mass is 355 g/mol. The van der Waals surface area contributed by atoms with Gasteiger partial charge in [-0.25, -0.2) is 4.39 Å². The van der Waals surface area contributed by atoms with E-state index < -0.39 is 0 Å². The van der Waals surface area contributed by atoms with E-state index in [0.29, 0.717) is 0 Å². The second-order valence-electron chi connectivity index (χ2n) is 4.28. The Hall–Kier alpha value is -0.940. The van der Waals surface area contributed by atoms with Crippen LogP contribution in [0, 0.1) is 9.39 Å². The molecule has 0 saturated carbocycles. The highest BCUT2D eigenvalue weighted by Gasteiger charge is 2.04. The van der Waals surface area contributed by atoms with Gasteiger partial charge < -0.3 is 5.32 Å². The van der Waals surface area contributed by atoms with Crippen LogP contribution in [0.4, 0.5) is 4.39 Å². The summed E-state index contributed by atoms with van der Waals surface area (Å²) in [6.07, 6.45) is 0. The minimum atomic E-state index is -0.191. The van der Waals surface area contributed by atoms with Gasteiger partial charge in [-0.15, -0.1) is 0 Å². The van der Waals surface area contributed by atoms with E-state index in [1.165, 1.54) is 21.3 Å². The van der Waals surface area contributed by atoms with Crippen LogP contribution < -0.4 is 5.32 Å². The molecular weight excluding hydrogens is 340 g/mol. The fraction of sp³-hybridized carbons (Fsp3) is 0.200. The molecule has 0 aromatic heterocycles. The van der Waals surface area contributed by atoms with Gasteiger partial charge in [0.25, 0.3) is 0 Å². The van der Waals surface area contributed by atoms with Gasteiger partial charge >= 0.3 is 0 Å². The van der Waals surface area contributed by atoms with Gasteiger partial charge in [0, 0.05) is 16.2 Å². The zero-order chi connectivity index (χ0) is 13.0. The van der Waals surface area contributed by atoms with Gasteiger partial charge in [-0.1, -0.05) is 24.3 Å². The molecule has 0 aliphatic rings. The first kappa shape index (κ1) is 13.5. The Morgan fingerprint density at radius 2 is 1.67 bits per heavy atom. The van der Waals surface area contributed by atoms with Gasteiger partial charge in [0.05, 0.1) is 0 Å². The van der Waals surface area contributed by atoms with Crippen LogP contribution in [0.2, 0.25) is 0 Å². The molecule has 2 aromatic rings. The quantitative estimate of drug-likeness (QED) is 0.808. The maximum Gasteiger partial charge on any atom is 0.123 e. The van der Waals surface area contributed by atoms with Gasteiger partial charge in [-0.2, -0.15) is 0 Å². The summed E-state index contributed by atoms with van der Waals surface area (Å²) in [7, 11) is 0. The van der Waals surface area contributed by atoms with Crippen LogP contribution >= 0.6 is 22.6 Å². The molecule has 0 spiro atoms. The average Bonchev–Trinajstić information content (AvgIpc) is 2.38. The lowest BCUT2D eigenvalue weighted by Crippen LogP contribution is -2.18. The molecule has 1 N–H and O–H groups in total. The van der Waals surface area contributed by atoms with E-state index in [2.05, 4.69) is 59.1 Å². The number of nitrogens with one attached hydrogen (secondary N) is 1. The Labute approximate surface area is 121 Å². The Balaban J connectivity index is 1.93. The highest BCUT2D eigenvalue weighted by Crippen LogP contribution is 2.14. The van der Waals surface area contributed by atoms with Crippen molar-refractivity contribution in [3.63, 3.8) is 0 Å². The van der Waals surface area contributed by atoms with Crippen molar-refractivity contribution in [1.82, 2.24) is 5.32 Å². The van der Waals surface area contributed by atoms with Gasteiger partial charge in [0.1, 0.15) is 5.82 Å². The summed E-state index contributed by atoms with van der Waals surface area (Å²) in [5.74, 6) is -0.191. The van der Waals surface area contributed by atoms with E-state index in [0.717, 1.165) is 12.1 Å². The van der Waals surface area contributed by atoms with Gasteiger partial charge in [0.15, 0.2) is 0 Å². The highest BCUT2D eigenvalue weighted by molar-refractivity contribution is 14.1. The van der Waals surface area contributed by atoms with Crippen LogP contribution in [0.3, 0.4) is 0 Å². The lowest BCUT2D eigenvalue weighted by molar-refractivity contribution is 0.571. The topological polar surface area (TPSA) is 12.0 Å². The molecule has 0 heterocycles. The molecule has 2 rings (SSSR count). The molecule has 0 amide bonds. The summed E-state index contributed by atoms with van der Waals surface area (Å²) in [6.45, 7) is 2.90. The first-order valence-corrected chi connectivity index (χ1v) is 6.96. The largest absolute Gasteiger partial charge is 0.306 e. The second kappa shape index (κ2) is 6.29. The maximum absolute atomic E-state index is 12.8. The SMILES string of the molecule is C[C@H](NCc1ccc(I)cc1)c1ccc(F)cc1. The van der Waals surface area contributed by atoms with E-state index in [1.54, 1.807) is 0 Å². The molecule has 0 fully saturated rings. The Bertz CT molecular complexity index is 493. The molecule has 0 bridgehead atoms. The molecule has 1 atom stereocenters. The molecule has 18 heavy (non-hydrogen) atoms. The number of hydrogen-bond donors (Lipinski definition) is 1. The first-order valence-electron chi connectivity index (χ1n) is 5.88. The van der Waals surface area contributed by atoms with Crippen LogP contribution in [0.5, 0.6) is 0 Å². The molecule has 0 aliphatic carbocycles. The van der Waals surface area contributed by atoms with E-state index in [9.17, 15) is 4.39 Å². The summed E-state index contributed by atoms with van der Waals surface area (Å²) in [4.78, 5) is 0. The summed E-state index contributed by atoms with van der Waals surface area (Å²) in [6, 6.07) is 15.3. The fourth-order valence-electron chi connectivity index (χ4n) is 1.74. The predicted molar refractivity (Wildman–Crippen MR) is 80.8 cm³/mol. The molecular formula is C15H15FIN. The van der Waals surface area contributed by atoms with Gasteiger partial charge in [-0.3, -0.25) is 0 Å². The summed E-state index contributed by atoms with van der Waals surface area (Å²) in [5, 5.41) is 3.43. The second-order valence-corrected chi connectivity index (χ2v) is 5.53. The van der Waals surface area contributed by atoms with Crippen molar-refractivity contribution < 1.29 is 4.39 Å². The van der Waals surface area contributed by atoms with Crippen molar-refractivity contribution in [2.75, 3.05) is 0 Å². The molecule has 1 nitrogen and oxygen atoms in total. The van der Waals surface area contributed by atoms with Crippen molar-refractivity contribution in [2.24, 2.45) is 0 Å². The van der Waals surface area contributed by atoms with Crippen molar-refractivity contribution in [1.29, 1.82) is 0 Å². The van der Waals surface area contributed by atoms with Crippen LogP contribution in [-0.4, -0.2) is 0 Å². The molecule has 0 saturated heterocycles. The lowest BCUT2D eigenvalue weighted by Gasteiger charge is -2.14. The summed E-state index contributed by atoms with van der Waals surface area (Å²) in [5.41, 5.74) is 2.35. The lowest BCUT2D eigenvalue weighted by atomic mass is 10.1. The van der Waals surface area contributed by atoms with Crippen LogP contribution in [0.15, 0.2) is 48.5 Å². The van der Waals surface area contributed by atoms with Crippen molar-refractivity contribution in [3.05, 3.63) is 69.0 Å². The molecule has 0 aliphatic heterocycles. The number of rotatable bonds is 4. The summed E-state index contributed by atoms with van der Waals surface area (Å²) >= 11 is 2.29. The van der Waals surface area contributed by atoms with Crippen molar-refractivity contribution >= 4 is 22.6 Å². The van der Waals surface area contributed by atoms with Crippen LogP contribution in [0.25, 0.3) is 0 Å². The van der Waals surface area contributed by atoms with Gasteiger partial charge in [-0.05, 0) is 64.9 Å². The number of hydrogen-bond acceptors (Lipinski definition) is 1. The molecule has 0 radical (unpaired) electrons. The third kappa shape index (κ3) is 3.78. The number of benzene rings is 2. The zero-order valence-corrected chi connectivity index (χ0v) is 12.3. The Morgan fingerprint density at radius 3 is 2.28 bits per heavy atom. The summed E-state index contributed by atoms with van der Waals surface area (Å²) < 4.78 is 14.1. The van der Waals surface area contributed by atoms with Crippen LogP contribution in [-0.2, 0) is 6.54 Å². The fourth-order valence-corrected chi connectivity index (χ4v) is 2.10. The minimum Gasteiger partial charge on any atom is -0.306 e. The molecule has 0 unspecified atom stereocenters. The average molecular weight is 355 g/mol. The Morgan fingerprint density at radius 1 is 1.06 bits per heavy atom. The third-order valence-corrected chi connectivity index (χ3v) is 3.61. The first-order chi connectivity index (χ1) is 8.65. The standard InChI is InChI=1S/C15H15FIN/c1-11(13-4-6-14(16)7-5-13)18-10-12-2-8-15(17)9-3-12/h2-9,11,18H,10H2,1H3/t11-/m0/s1. The third-order valence-electron chi connectivity index (χ3n) is 2.90. The Kier molecular flexibility index (Phi) is 4.72. The van der Waals surface area contributed by atoms with E-state index >= 15 is 0 Å². The number of halogens is 2. The van der Waals surface area contributed by atoms with Crippen molar-refractivity contribution in [3.8, 4) is 0 Å². The van der Waals surface area contributed by atoms with E-state index in [-0.39, 0.29) is 11.9 Å². The predicted octanol–water partition coefficient (Wildman–Crippen LogP) is 4.28. The van der Waals surface area contributed by atoms with Crippen LogP contribution in [0.1, 0.15) is 24.1 Å². The molecule has 2 aromatic carbocycles. The maximum atomic E-state index is 12.8. The van der Waals surface area contributed by atoms with E-state index in [1.807, 2.05) is 12.1 Å². The van der Waals surface area contributed by atoms with Gasteiger partial charge in [0.2, 0.25) is 0 Å². The smallest absolute Gasteiger partial charge is 0.123 e. The minimum absolute atomic E-state index is 0.191. The molecule has 94 valence electrons. The van der Waals surface area contributed by atoms with E-state index in [4.69, 9.17) is 0 Å².